The maximum Gasteiger partial charge on any atom is 0.322 e. The molecule has 114 valence electrons. The molecular weight excluding hydrogens is 280 g/mol. The third-order valence-corrected chi connectivity index (χ3v) is 5.54. The van der Waals surface area contributed by atoms with Crippen LogP contribution in [0.3, 0.4) is 0 Å². The summed E-state index contributed by atoms with van der Waals surface area (Å²) in [6, 6.07) is -0.924. The molecule has 0 spiro atoms. The van der Waals surface area contributed by atoms with Crippen molar-refractivity contribution in [1.29, 1.82) is 0 Å². The monoisotopic (exact) mass is 302 g/mol. The molecule has 1 heterocycles. The SMILES string of the molecule is O=C(O)C1CCCCN1S(=O)(=O)NCCC1=CCCC1. The lowest BCUT2D eigenvalue weighted by atomic mass is 10.1. The lowest BCUT2D eigenvalue weighted by Gasteiger charge is -2.31. The number of rotatable bonds is 6. The van der Waals surface area contributed by atoms with E-state index in [1.807, 2.05) is 0 Å². The largest absolute Gasteiger partial charge is 0.480 e. The Morgan fingerprint density at radius 2 is 2.20 bits per heavy atom. The van der Waals surface area contributed by atoms with E-state index in [0.717, 1.165) is 36.4 Å². The average molecular weight is 302 g/mol. The van der Waals surface area contributed by atoms with Crippen LogP contribution < -0.4 is 4.72 Å². The van der Waals surface area contributed by atoms with Crippen molar-refractivity contribution in [2.75, 3.05) is 13.1 Å². The second-order valence-electron chi connectivity index (χ2n) is 5.36. The van der Waals surface area contributed by atoms with Crippen LogP contribution in [0.25, 0.3) is 0 Å². The standard InChI is InChI=1S/C13H22N2O4S/c16-13(17)12-7-3-4-10-15(12)20(18,19)14-9-8-11-5-1-2-6-11/h5,12,14H,1-4,6-10H2,(H,16,17). The molecule has 0 aromatic carbocycles. The Kier molecular flexibility index (Phi) is 5.17. The van der Waals surface area contributed by atoms with Gasteiger partial charge in [-0.1, -0.05) is 11.6 Å². The number of carboxylic acids is 1. The molecule has 7 heteroatoms. The second kappa shape index (κ2) is 6.69. The maximum atomic E-state index is 12.2. The van der Waals surface area contributed by atoms with Crippen molar-refractivity contribution in [3.05, 3.63) is 11.6 Å². The summed E-state index contributed by atoms with van der Waals surface area (Å²) in [5, 5.41) is 9.13. The predicted octanol–water partition coefficient (Wildman–Crippen LogP) is 1.26. The van der Waals surface area contributed by atoms with Gasteiger partial charge in [-0.2, -0.15) is 12.7 Å². The van der Waals surface area contributed by atoms with Gasteiger partial charge in [0, 0.05) is 13.1 Å². The van der Waals surface area contributed by atoms with E-state index in [1.54, 1.807) is 0 Å². The first-order chi connectivity index (χ1) is 9.50. The first-order valence-electron chi connectivity index (χ1n) is 7.18. The Hall–Kier alpha value is -0.920. The normalized spacial score (nSPS) is 24.6. The van der Waals surface area contributed by atoms with Gasteiger partial charge in [0.05, 0.1) is 0 Å². The average Bonchev–Trinajstić information content (AvgIpc) is 2.91. The number of nitrogens with zero attached hydrogens (tertiary/aromatic N) is 1. The Labute approximate surface area is 120 Å². The number of aliphatic carboxylic acids is 1. The molecule has 20 heavy (non-hydrogen) atoms. The molecule has 1 fully saturated rings. The highest BCUT2D eigenvalue weighted by Gasteiger charge is 2.36. The molecular formula is C13H22N2O4S. The first kappa shape index (κ1) is 15.5. The smallest absolute Gasteiger partial charge is 0.322 e. The van der Waals surface area contributed by atoms with Crippen molar-refractivity contribution in [2.45, 2.75) is 51.0 Å². The van der Waals surface area contributed by atoms with Gasteiger partial charge < -0.3 is 5.11 Å². The van der Waals surface area contributed by atoms with Crippen molar-refractivity contribution >= 4 is 16.2 Å². The molecule has 1 aliphatic heterocycles. The van der Waals surface area contributed by atoms with Gasteiger partial charge >= 0.3 is 5.97 Å². The van der Waals surface area contributed by atoms with E-state index in [1.165, 1.54) is 5.57 Å². The summed E-state index contributed by atoms with van der Waals surface area (Å²) < 4.78 is 28.0. The van der Waals surface area contributed by atoms with Crippen LogP contribution >= 0.6 is 0 Å². The molecule has 1 saturated heterocycles. The number of piperidine rings is 1. The molecule has 2 N–H and O–H groups in total. The first-order valence-corrected chi connectivity index (χ1v) is 8.62. The number of allylic oxidation sites excluding steroid dienone is 1. The molecule has 0 bridgehead atoms. The minimum Gasteiger partial charge on any atom is -0.480 e. The number of hydrogen-bond acceptors (Lipinski definition) is 3. The van der Waals surface area contributed by atoms with Crippen LogP contribution in [0.15, 0.2) is 11.6 Å². The fourth-order valence-electron chi connectivity index (χ4n) is 2.83. The van der Waals surface area contributed by atoms with Gasteiger partial charge in [0.25, 0.3) is 10.2 Å². The molecule has 0 aromatic rings. The number of nitrogens with one attached hydrogen (secondary N) is 1. The van der Waals surface area contributed by atoms with Gasteiger partial charge in [-0.3, -0.25) is 4.79 Å². The molecule has 6 nitrogen and oxygen atoms in total. The topological polar surface area (TPSA) is 86.7 Å². The van der Waals surface area contributed by atoms with Gasteiger partial charge in [0.1, 0.15) is 6.04 Å². The zero-order valence-electron chi connectivity index (χ0n) is 11.5. The van der Waals surface area contributed by atoms with E-state index in [9.17, 15) is 13.2 Å². The number of hydrogen-bond donors (Lipinski definition) is 2. The minimum absolute atomic E-state index is 0.287. The van der Waals surface area contributed by atoms with Crippen LogP contribution in [0.4, 0.5) is 0 Å². The van der Waals surface area contributed by atoms with Crippen LogP contribution in [0.2, 0.25) is 0 Å². The summed E-state index contributed by atoms with van der Waals surface area (Å²) in [5.41, 5.74) is 1.29. The van der Waals surface area contributed by atoms with E-state index in [-0.39, 0.29) is 6.54 Å². The maximum absolute atomic E-state index is 12.2. The molecule has 1 unspecified atom stereocenters. The molecule has 1 aliphatic carbocycles. The van der Waals surface area contributed by atoms with Gasteiger partial charge in [0.2, 0.25) is 0 Å². The van der Waals surface area contributed by atoms with Crippen molar-refractivity contribution < 1.29 is 18.3 Å². The van der Waals surface area contributed by atoms with Gasteiger partial charge in [-0.05, 0) is 44.9 Å². The summed E-state index contributed by atoms with van der Waals surface area (Å²) in [4.78, 5) is 11.2. The van der Waals surface area contributed by atoms with Gasteiger partial charge in [0.15, 0.2) is 0 Å². The lowest BCUT2D eigenvalue weighted by Crippen LogP contribution is -2.52. The third kappa shape index (κ3) is 3.80. The van der Waals surface area contributed by atoms with Crippen molar-refractivity contribution in [3.8, 4) is 0 Å². The summed E-state index contributed by atoms with van der Waals surface area (Å²) in [7, 11) is -3.69. The molecule has 0 saturated carbocycles. The van der Waals surface area contributed by atoms with Crippen molar-refractivity contribution in [1.82, 2.24) is 9.03 Å². The summed E-state index contributed by atoms with van der Waals surface area (Å²) in [6.45, 7) is 0.631. The zero-order valence-corrected chi connectivity index (χ0v) is 12.4. The minimum atomic E-state index is -3.69. The van der Waals surface area contributed by atoms with E-state index in [2.05, 4.69) is 10.8 Å². The zero-order chi connectivity index (χ0) is 14.6. The highest BCUT2D eigenvalue weighted by atomic mass is 32.2. The van der Waals surface area contributed by atoms with Crippen molar-refractivity contribution in [3.63, 3.8) is 0 Å². The second-order valence-corrected chi connectivity index (χ2v) is 7.07. The molecule has 0 aromatic heterocycles. The highest BCUT2D eigenvalue weighted by molar-refractivity contribution is 7.87. The van der Waals surface area contributed by atoms with Crippen LogP contribution in [-0.4, -0.2) is 42.9 Å². The summed E-state index contributed by atoms with van der Waals surface area (Å²) in [5.74, 6) is -1.06. The Balaban J connectivity index is 1.92. The summed E-state index contributed by atoms with van der Waals surface area (Å²) >= 11 is 0. The van der Waals surface area contributed by atoms with Crippen molar-refractivity contribution in [2.24, 2.45) is 0 Å². The van der Waals surface area contributed by atoms with Gasteiger partial charge in [-0.25, -0.2) is 4.72 Å². The van der Waals surface area contributed by atoms with Gasteiger partial charge in [-0.15, -0.1) is 0 Å². The lowest BCUT2D eigenvalue weighted by molar-refractivity contribution is -0.142. The molecule has 0 amide bonds. The highest BCUT2D eigenvalue weighted by Crippen LogP contribution is 2.21. The van der Waals surface area contributed by atoms with Crippen LogP contribution in [-0.2, 0) is 15.0 Å². The Morgan fingerprint density at radius 1 is 1.40 bits per heavy atom. The molecule has 1 atom stereocenters. The quantitative estimate of drug-likeness (QED) is 0.723. The third-order valence-electron chi connectivity index (χ3n) is 3.91. The van der Waals surface area contributed by atoms with E-state index >= 15 is 0 Å². The molecule has 0 radical (unpaired) electrons. The predicted molar refractivity (Wildman–Crippen MR) is 75.5 cm³/mol. The molecule has 2 aliphatic rings. The fraction of sp³-hybridized carbons (Fsp3) is 0.769. The summed E-state index contributed by atoms with van der Waals surface area (Å²) in [6.07, 6.45) is 8.01. The molecule has 2 rings (SSSR count). The van der Waals surface area contributed by atoms with Crippen LogP contribution in [0, 0.1) is 0 Å². The van der Waals surface area contributed by atoms with Crippen LogP contribution in [0.1, 0.15) is 44.9 Å². The number of carbonyl (C=O) groups is 1. The van der Waals surface area contributed by atoms with E-state index in [4.69, 9.17) is 5.11 Å². The van der Waals surface area contributed by atoms with Crippen LogP contribution in [0.5, 0.6) is 0 Å². The Morgan fingerprint density at radius 3 is 2.85 bits per heavy atom. The number of carboxylic acid groups (broad SMARTS) is 1. The van der Waals surface area contributed by atoms with E-state index < -0.39 is 22.2 Å². The Bertz CT molecular complexity index is 487. The fourth-order valence-corrected chi connectivity index (χ4v) is 4.25. The van der Waals surface area contributed by atoms with E-state index in [0.29, 0.717) is 19.4 Å².